The molecule has 0 aliphatic heterocycles. The van der Waals surface area contributed by atoms with Gasteiger partial charge in [0.2, 0.25) is 0 Å². The van der Waals surface area contributed by atoms with E-state index in [0.717, 1.165) is 36.6 Å². The number of aromatic nitrogens is 2. The Hall–Kier alpha value is -1.32. The van der Waals surface area contributed by atoms with Crippen molar-refractivity contribution in [2.75, 3.05) is 17.6 Å². The quantitative estimate of drug-likeness (QED) is 0.825. The first kappa shape index (κ1) is 14.1. The van der Waals surface area contributed by atoms with Crippen LogP contribution in [0.5, 0.6) is 0 Å². The lowest BCUT2D eigenvalue weighted by Gasteiger charge is -2.41. The van der Waals surface area contributed by atoms with Gasteiger partial charge in [0.1, 0.15) is 17.5 Å². The Morgan fingerprint density at radius 1 is 1.26 bits per heavy atom. The lowest BCUT2D eigenvalue weighted by atomic mass is 9.67. The molecule has 0 radical (unpaired) electrons. The predicted molar refractivity (Wildman–Crippen MR) is 80.2 cm³/mol. The van der Waals surface area contributed by atoms with Gasteiger partial charge in [-0.2, -0.15) is 0 Å². The minimum atomic E-state index is 0.483. The molecule has 4 nitrogen and oxygen atoms in total. The molecule has 0 spiro atoms. The summed E-state index contributed by atoms with van der Waals surface area (Å²) in [5.74, 6) is 2.39. The lowest BCUT2D eigenvalue weighted by molar-refractivity contribution is 0.145. The van der Waals surface area contributed by atoms with E-state index in [-0.39, 0.29) is 0 Å². The summed E-state index contributed by atoms with van der Waals surface area (Å²) in [7, 11) is 0. The second-order valence-electron chi connectivity index (χ2n) is 5.81. The van der Waals surface area contributed by atoms with E-state index in [1.807, 2.05) is 6.92 Å². The van der Waals surface area contributed by atoms with Gasteiger partial charge in [-0.25, -0.2) is 9.97 Å². The van der Waals surface area contributed by atoms with Gasteiger partial charge in [-0.15, -0.1) is 0 Å². The summed E-state index contributed by atoms with van der Waals surface area (Å²) < 4.78 is 0. The Morgan fingerprint density at radius 3 is 2.53 bits per heavy atom. The molecule has 1 aromatic rings. The second kappa shape index (κ2) is 5.76. The zero-order valence-electron chi connectivity index (χ0n) is 12.4. The minimum absolute atomic E-state index is 0.483. The molecule has 19 heavy (non-hydrogen) atoms. The maximum atomic E-state index is 5.98. The van der Waals surface area contributed by atoms with Crippen molar-refractivity contribution < 1.29 is 0 Å². The molecule has 0 saturated heterocycles. The smallest absolute Gasteiger partial charge is 0.134 e. The van der Waals surface area contributed by atoms with Crippen molar-refractivity contribution in [1.82, 2.24) is 9.97 Å². The molecule has 0 atom stereocenters. The van der Waals surface area contributed by atoms with Gasteiger partial charge in [0.05, 0.1) is 0 Å². The monoisotopic (exact) mass is 262 g/mol. The second-order valence-corrected chi connectivity index (χ2v) is 5.81. The third-order valence-electron chi connectivity index (χ3n) is 4.50. The van der Waals surface area contributed by atoms with Gasteiger partial charge in [0, 0.05) is 18.5 Å². The zero-order chi connectivity index (χ0) is 13.9. The topological polar surface area (TPSA) is 63.8 Å². The molecular weight excluding hydrogens is 236 g/mol. The SMILES string of the molecule is CCCc1nc(N)c(C)c(NCC2(CC)CCC2)n1. The van der Waals surface area contributed by atoms with Crippen molar-refractivity contribution in [3.05, 3.63) is 11.4 Å². The molecule has 1 aliphatic rings. The Balaban J connectivity index is 2.10. The van der Waals surface area contributed by atoms with Crippen LogP contribution >= 0.6 is 0 Å². The molecule has 1 saturated carbocycles. The van der Waals surface area contributed by atoms with Crippen LogP contribution in [0.4, 0.5) is 11.6 Å². The number of hydrogen-bond donors (Lipinski definition) is 2. The van der Waals surface area contributed by atoms with Gasteiger partial charge in [-0.3, -0.25) is 0 Å². The highest BCUT2D eigenvalue weighted by Crippen LogP contribution is 2.43. The van der Waals surface area contributed by atoms with Crippen LogP contribution < -0.4 is 11.1 Å². The van der Waals surface area contributed by atoms with Crippen LogP contribution in [0.3, 0.4) is 0 Å². The third-order valence-corrected chi connectivity index (χ3v) is 4.50. The Morgan fingerprint density at radius 2 is 2.00 bits per heavy atom. The van der Waals surface area contributed by atoms with Crippen LogP contribution in [0.1, 0.15) is 57.3 Å². The van der Waals surface area contributed by atoms with Gasteiger partial charge >= 0.3 is 0 Å². The van der Waals surface area contributed by atoms with Crippen molar-refractivity contribution in [2.24, 2.45) is 5.41 Å². The molecule has 4 heteroatoms. The fraction of sp³-hybridized carbons (Fsp3) is 0.733. The fourth-order valence-corrected chi connectivity index (χ4v) is 2.69. The van der Waals surface area contributed by atoms with E-state index in [4.69, 9.17) is 5.73 Å². The summed E-state index contributed by atoms with van der Waals surface area (Å²) in [6, 6.07) is 0. The van der Waals surface area contributed by atoms with Crippen molar-refractivity contribution in [2.45, 2.75) is 59.3 Å². The number of anilines is 2. The molecule has 1 fully saturated rings. The molecule has 0 amide bonds. The van der Waals surface area contributed by atoms with Gasteiger partial charge in [0.15, 0.2) is 0 Å². The van der Waals surface area contributed by atoms with Crippen LogP contribution in [0.15, 0.2) is 0 Å². The molecule has 0 unspecified atom stereocenters. The number of nitrogens with zero attached hydrogens (tertiary/aromatic N) is 2. The van der Waals surface area contributed by atoms with Crippen LogP contribution in [0, 0.1) is 12.3 Å². The Kier molecular flexibility index (Phi) is 4.27. The molecule has 0 aromatic carbocycles. The highest BCUT2D eigenvalue weighted by Gasteiger charge is 2.34. The van der Waals surface area contributed by atoms with Crippen molar-refractivity contribution in [1.29, 1.82) is 0 Å². The number of nitrogens with one attached hydrogen (secondary N) is 1. The molecule has 1 aliphatic carbocycles. The summed E-state index contributed by atoms with van der Waals surface area (Å²) in [6.45, 7) is 7.41. The Bertz CT molecular complexity index is 433. The molecule has 2 rings (SSSR count). The number of nitrogen functional groups attached to an aromatic ring is 1. The van der Waals surface area contributed by atoms with E-state index in [0.29, 0.717) is 11.2 Å². The van der Waals surface area contributed by atoms with E-state index < -0.39 is 0 Å². The molecule has 3 N–H and O–H groups in total. The number of nitrogens with two attached hydrogens (primary N) is 1. The van der Waals surface area contributed by atoms with Crippen LogP contribution in [0.2, 0.25) is 0 Å². The molecule has 1 heterocycles. The molecule has 1 aromatic heterocycles. The first-order valence-corrected chi connectivity index (χ1v) is 7.47. The minimum Gasteiger partial charge on any atom is -0.383 e. The average Bonchev–Trinajstić information content (AvgIpc) is 2.34. The van der Waals surface area contributed by atoms with Crippen LogP contribution in [-0.4, -0.2) is 16.5 Å². The molecule has 0 bridgehead atoms. The highest BCUT2D eigenvalue weighted by molar-refractivity contribution is 5.54. The standard InChI is InChI=1S/C15H26N4/c1-4-7-12-18-13(16)11(3)14(19-12)17-10-15(5-2)8-6-9-15/h4-10H2,1-3H3,(H3,16,17,18,19). The van der Waals surface area contributed by atoms with Crippen molar-refractivity contribution in [3.63, 3.8) is 0 Å². The first-order chi connectivity index (χ1) is 9.10. The largest absolute Gasteiger partial charge is 0.383 e. The van der Waals surface area contributed by atoms with E-state index in [1.54, 1.807) is 0 Å². The zero-order valence-corrected chi connectivity index (χ0v) is 12.4. The van der Waals surface area contributed by atoms with E-state index in [1.165, 1.54) is 25.7 Å². The fourth-order valence-electron chi connectivity index (χ4n) is 2.69. The maximum absolute atomic E-state index is 5.98. The van der Waals surface area contributed by atoms with E-state index in [2.05, 4.69) is 29.1 Å². The number of hydrogen-bond acceptors (Lipinski definition) is 4. The lowest BCUT2D eigenvalue weighted by Crippen LogP contribution is -2.36. The summed E-state index contributed by atoms with van der Waals surface area (Å²) >= 11 is 0. The third kappa shape index (κ3) is 2.99. The van der Waals surface area contributed by atoms with Crippen molar-refractivity contribution in [3.8, 4) is 0 Å². The number of aryl methyl sites for hydroxylation is 1. The maximum Gasteiger partial charge on any atom is 0.134 e. The molecular formula is C15H26N4. The Labute approximate surface area is 116 Å². The van der Waals surface area contributed by atoms with Gasteiger partial charge in [-0.1, -0.05) is 20.3 Å². The predicted octanol–water partition coefficient (Wildman–Crippen LogP) is 3.31. The van der Waals surface area contributed by atoms with E-state index in [9.17, 15) is 0 Å². The normalized spacial score (nSPS) is 17.0. The first-order valence-electron chi connectivity index (χ1n) is 7.47. The van der Waals surface area contributed by atoms with Crippen LogP contribution in [0.25, 0.3) is 0 Å². The summed E-state index contributed by atoms with van der Waals surface area (Å²) in [4.78, 5) is 8.96. The number of rotatable bonds is 6. The highest BCUT2D eigenvalue weighted by atomic mass is 15.1. The van der Waals surface area contributed by atoms with Gasteiger partial charge in [-0.05, 0) is 38.0 Å². The van der Waals surface area contributed by atoms with Gasteiger partial charge < -0.3 is 11.1 Å². The van der Waals surface area contributed by atoms with Gasteiger partial charge in [0.25, 0.3) is 0 Å². The molecule has 106 valence electrons. The van der Waals surface area contributed by atoms with Crippen molar-refractivity contribution >= 4 is 11.6 Å². The van der Waals surface area contributed by atoms with Crippen LogP contribution in [-0.2, 0) is 6.42 Å². The summed E-state index contributed by atoms with van der Waals surface area (Å²) in [5.41, 5.74) is 7.44. The average molecular weight is 262 g/mol. The summed E-state index contributed by atoms with van der Waals surface area (Å²) in [5, 5.41) is 3.52. The van der Waals surface area contributed by atoms with E-state index >= 15 is 0 Å². The summed E-state index contributed by atoms with van der Waals surface area (Å²) in [6.07, 6.45) is 7.19.